The van der Waals surface area contributed by atoms with Crippen molar-refractivity contribution >= 4 is 35.2 Å². The van der Waals surface area contributed by atoms with Gasteiger partial charge in [0.1, 0.15) is 5.60 Å². The largest absolute Gasteiger partial charge is 0.444 e. The third kappa shape index (κ3) is 7.75. The maximum absolute atomic E-state index is 12.6. The van der Waals surface area contributed by atoms with Gasteiger partial charge >= 0.3 is 6.09 Å². The highest BCUT2D eigenvalue weighted by Gasteiger charge is 2.17. The first-order valence-electron chi connectivity index (χ1n) is 9.40. The molecule has 0 radical (unpaired) electrons. The summed E-state index contributed by atoms with van der Waals surface area (Å²) in [6, 6.07) is 13.5. The molecule has 0 bridgehead atoms. The molecule has 8 heteroatoms. The third-order valence-corrected chi connectivity index (χ3v) is 4.14. The van der Waals surface area contributed by atoms with Crippen LogP contribution >= 0.6 is 11.6 Å². The van der Waals surface area contributed by atoms with Crippen molar-refractivity contribution in [1.29, 1.82) is 0 Å². The monoisotopic (exact) mass is 431 g/mol. The molecular formula is C22H26ClN3O4. The van der Waals surface area contributed by atoms with Gasteiger partial charge in [0.05, 0.1) is 6.54 Å². The van der Waals surface area contributed by atoms with Crippen molar-refractivity contribution in [2.45, 2.75) is 32.9 Å². The van der Waals surface area contributed by atoms with Crippen LogP contribution in [0.2, 0.25) is 5.02 Å². The highest BCUT2D eigenvalue weighted by Crippen LogP contribution is 2.14. The maximum Gasteiger partial charge on any atom is 0.407 e. The standard InChI is InChI=1S/C22H26ClN3O4/c1-22(2,3)30-21(29)24-13-15-5-7-16(8-6-15)20(28)26(4)14-19(27)25-18-11-9-17(23)10-12-18/h5-12H,13-14H2,1-4H3,(H,24,29)(H,25,27). The lowest BCUT2D eigenvalue weighted by Gasteiger charge is -2.19. The van der Waals surface area contributed by atoms with Crippen LogP contribution in [0.25, 0.3) is 0 Å². The van der Waals surface area contributed by atoms with Crippen molar-refractivity contribution in [1.82, 2.24) is 10.2 Å². The molecule has 3 amide bonds. The lowest BCUT2D eigenvalue weighted by molar-refractivity contribution is -0.116. The molecule has 0 aliphatic rings. The minimum absolute atomic E-state index is 0.0938. The molecule has 0 atom stereocenters. The molecule has 0 saturated carbocycles. The predicted molar refractivity (Wildman–Crippen MR) is 117 cm³/mol. The van der Waals surface area contributed by atoms with Crippen molar-refractivity contribution < 1.29 is 19.1 Å². The number of likely N-dealkylation sites (N-methyl/N-ethyl adjacent to an activating group) is 1. The molecule has 0 fully saturated rings. The van der Waals surface area contributed by atoms with E-state index in [0.717, 1.165) is 5.56 Å². The molecule has 160 valence electrons. The van der Waals surface area contributed by atoms with E-state index in [1.54, 1.807) is 76.3 Å². The van der Waals surface area contributed by atoms with Crippen LogP contribution < -0.4 is 10.6 Å². The van der Waals surface area contributed by atoms with Crippen LogP contribution in [0.4, 0.5) is 10.5 Å². The van der Waals surface area contributed by atoms with E-state index in [9.17, 15) is 14.4 Å². The number of rotatable bonds is 6. The van der Waals surface area contributed by atoms with Crippen molar-refractivity contribution in [2.24, 2.45) is 0 Å². The quantitative estimate of drug-likeness (QED) is 0.721. The highest BCUT2D eigenvalue weighted by molar-refractivity contribution is 6.30. The predicted octanol–water partition coefficient (Wildman–Crippen LogP) is 4.08. The third-order valence-electron chi connectivity index (χ3n) is 3.89. The Balaban J connectivity index is 1.86. The fourth-order valence-electron chi connectivity index (χ4n) is 2.49. The van der Waals surface area contributed by atoms with Crippen LogP contribution in [0, 0.1) is 0 Å². The van der Waals surface area contributed by atoms with Crippen LogP contribution in [0.1, 0.15) is 36.7 Å². The number of nitrogens with one attached hydrogen (secondary N) is 2. The second-order valence-electron chi connectivity index (χ2n) is 7.77. The van der Waals surface area contributed by atoms with Gasteiger partial charge in [-0.3, -0.25) is 9.59 Å². The molecule has 2 aromatic carbocycles. The normalized spacial score (nSPS) is 10.8. The van der Waals surface area contributed by atoms with Gasteiger partial charge in [0.25, 0.3) is 5.91 Å². The summed E-state index contributed by atoms with van der Waals surface area (Å²) in [4.78, 5) is 37.7. The number of ether oxygens (including phenoxy) is 1. The zero-order valence-corrected chi connectivity index (χ0v) is 18.2. The summed E-state index contributed by atoms with van der Waals surface area (Å²) in [7, 11) is 1.56. The smallest absolute Gasteiger partial charge is 0.407 e. The average molecular weight is 432 g/mol. The van der Waals surface area contributed by atoms with Gasteiger partial charge in [0.15, 0.2) is 0 Å². The van der Waals surface area contributed by atoms with Crippen molar-refractivity contribution in [3.63, 3.8) is 0 Å². The summed E-state index contributed by atoms with van der Waals surface area (Å²) in [5, 5.41) is 5.95. The first kappa shape index (κ1) is 23.2. The Morgan fingerprint density at radius 2 is 1.60 bits per heavy atom. The number of anilines is 1. The average Bonchev–Trinajstić information content (AvgIpc) is 2.66. The van der Waals surface area contributed by atoms with E-state index < -0.39 is 11.7 Å². The number of carbonyl (C=O) groups excluding carboxylic acids is 3. The van der Waals surface area contributed by atoms with E-state index in [2.05, 4.69) is 10.6 Å². The number of amides is 3. The molecule has 0 spiro atoms. The first-order chi connectivity index (χ1) is 14.0. The fourth-order valence-corrected chi connectivity index (χ4v) is 2.62. The molecule has 2 N–H and O–H groups in total. The maximum atomic E-state index is 12.6. The van der Waals surface area contributed by atoms with Crippen LogP contribution in [-0.2, 0) is 16.1 Å². The van der Waals surface area contributed by atoms with Crippen molar-refractivity contribution in [3.8, 4) is 0 Å². The molecule has 7 nitrogen and oxygen atoms in total. The summed E-state index contributed by atoms with van der Waals surface area (Å²) < 4.78 is 5.18. The van der Waals surface area contributed by atoms with E-state index >= 15 is 0 Å². The van der Waals surface area contributed by atoms with Gasteiger partial charge in [-0.1, -0.05) is 23.7 Å². The Bertz CT molecular complexity index is 890. The Morgan fingerprint density at radius 3 is 2.17 bits per heavy atom. The van der Waals surface area contributed by atoms with Crippen LogP contribution in [0.15, 0.2) is 48.5 Å². The summed E-state index contributed by atoms with van der Waals surface area (Å²) in [5.41, 5.74) is 1.30. The number of nitrogens with zero attached hydrogens (tertiary/aromatic N) is 1. The Hall–Kier alpha value is -3.06. The Labute approximate surface area is 181 Å². The lowest BCUT2D eigenvalue weighted by atomic mass is 10.1. The van der Waals surface area contributed by atoms with E-state index in [1.807, 2.05) is 0 Å². The van der Waals surface area contributed by atoms with Crippen LogP contribution in [-0.4, -0.2) is 42.0 Å². The van der Waals surface area contributed by atoms with Gasteiger partial charge in [0, 0.05) is 29.9 Å². The minimum atomic E-state index is -0.565. The highest BCUT2D eigenvalue weighted by atomic mass is 35.5. The number of halogens is 1. The number of carbonyl (C=O) groups is 3. The molecule has 0 aliphatic carbocycles. The molecule has 0 aliphatic heterocycles. The second kappa shape index (κ2) is 10.1. The van der Waals surface area contributed by atoms with E-state index in [-0.39, 0.29) is 24.9 Å². The Kier molecular flexibility index (Phi) is 7.83. The Morgan fingerprint density at radius 1 is 1.00 bits per heavy atom. The molecule has 0 heterocycles. The van der Waals surface area contributed by atoms with Crippen LogP contribution in [0.3, 0.4) is 0 Å². The topological polar surface area (TPSA) is 87.7 Å². The number of benzene rings is 2. The van der Waals surface area contributed by atoms with Gasteiger partial charge in [-0.25, -0.2) is 4.79 Å². The molecule has 2 aromatic rings. The minimum Gasteiger partial charge on any atom is -0.444 e. The molecule has 0 aromatic heterocycles. The number of hydrogen-bond acceptors (Lipinski definition) is 4. The fraction of sp³-hybridized carbons (Fsp3) is 0.318. The zero-order valence-electron chi connectivity index (χ0n) is 17.5. The SMILES string of the molecule is CN(CC(=O)Nc1ccc(Cl)cc1)C(=O)c1ccc(CNC(=O)OC(C)(C)C)cc1. The van der Waals surface area contributed by atoms with E-state index in [0.29, 0.717) is 16.3 Å². The number of alkyl carbamates (subject to hydrolysis) is 1. The van der Waals surface area contributed by atoms with Gasteiger partial charge in [-0.05, 0) is 62.7 Å². The lowest BCUT2D eigenvalue weighted by Crippen LogP contribution is -2.35. The van der Waals surface area contributed by atoms with Crippen molar-refractivity contribution in [3.05, 3.63) is 64.7 Å². The van der Waals surface area contributed by atoms with Crippen LogP contribution in [0.5, 0.6) is 0 Å². The summed E-state index contributed by atoms with van der Waals surface area (Å²) in [5.74, 6) is -0.598. The molecule has 0 saturated heterocycles. The van der Waals surface area contributed by atoms with Gasteiger partial charge in [0.2, 0.25) is 5.91 Å². The molecule has 2 rings (SSSR count). The first-order valence-corrected chi connectivity index (χ1v) is 9.78. The van der Waals surface area contributed by atoms with Gasteiger partial charge < -0.3 is 20.3 Å². The summed E-state index contributed by atoms with van der Waals surface area (Å²) in [6.45, 7) is 5.56. The second-order valence-corrected chi connectivity index (χ2v) is 8.21. The van der Waals surface area contributed by atoms with E-state index in [4.69, 9.17) is 16.3 Å². The van der Waals surface area contributed by atoms with E-state index in [1.165, 1.54) is 4.90 Å². The zero-order chi connectivity index (χ0) is 22.3. The summed E-state index contributed by atoms with van der Waals surface area (Å²) in [6.07, 6.45) is -0.505. The number of hydrogen-bond donors (Lipinski definition) is 2. The molecular weight excluding hydrogens is 406 g/mol. The van der Waals surface area contributed by atoms with Crippen molar-refractivity contribution in [2.75, 3.05) is 18.9 Å². The molecule has 0 unspecified atom stereocenters. The summed E-state index contributed by atoms with van der Waals surface area (Å²) >= 11 is 5.82. The van der Waals surface area contributed by atoms with Gasteiger partial charge in [-0.15, -0.1) is 0 Å². The molecule has 30 heavy (non-hydrogen) atoms. The van der Waals surface area contributed by atoms with Gasteiger partial charge in [-0.2, -0.15) is 0 Å².